The van der Waals surface area contributed by atoms with Gasteiger partial charge >= 0.3 is 5.97 Å². The summed E-state index contributed by atoms with van der Waals surface area (Å²) in [5, 5.41) is 6.67. The highest BCUT2D eigenvalue weighted by molar-refractivity contribution is 6.05. The van der Waals surface area contributed by atoms with E-state index in [-0.39, 0.29) is 5.91 Å². The van der Waals surface area contributed by atoms with Gasteiger partial charge in [0.25, 0.3) is 5.91 Å². The predicted octanol–water partition coefficient (Wildman–Crippen LogP) is 5.17. The number of carbonyl (C=O) groups is 2. The van der Waals surface area contributed by atoms with Crippen molar-refractivity contribution in [2.24, 2.45) is 0 Å². The van der Waals surface area contributed by atoms with Gasteiger partial charge in [0.1, 0.15) is 0 Å². The van der Waals surface area contributed by atoms with Gasteiger partial charge in [0.2, 0.25) is 5.95 Å². The summed E-state index contributed by atoms with van der Waals surface area (Å²) in [6, 6.07) is 17.4. The summed E-state index contributed by atoms with van der Waals surface area (Å²) in [5.74, 6) is 0.854. The lowest BCUT2D eigenvalue weighted by atomic mass is 10.0. The highest BCUT2D eigenvalue weighted by atomic mass is 16.5. The molecule has 0 bridgehead atoms. The molecule has 1 amide bonds. The Labute approximate surface area is 214 Å². The van der Waals surface area contributed by atoms with E-state index >= 15 is 0 Å². The van der Waals surface area contributed by atoms with Crippen molar-refractivity contribution in [1.82, 2.24) is 9.97 Å². The molecule has 9 heteroatoms. The molecule has 37 heavy (non-hydrogen) atoms. The largest absolute Gasteiger partial charge is 0.493 e. The number of benzene rings is 3. The first-order chi connectivity index (χ1) is 18.0. The molecule has 0 spiro atoms. The highest BCUT2D eigenvalue weighted by Crippen LogP contribution is 2.36. The number of ether oxygens (including phenoxy) is 3. The molecular weight excluding hydrogens is 472 g/mol. The summed E-state index contributed by atoms with van der Waals surface area (Å²) < 4.78 is 16.0. The van der Waals surface area contributed by atoms with E-state index in [9.17, 15) is 9.59 Å². The quantitative estimate of drug-likeness (QED) is 0.303. The second kappa shape index (κ2) is 11.4. The number of hydrogen-bond acceptors (Lipinski definition) is 8. The predicted molar refractivity (Wildman–Crippen MR) is 143 cm³/mol. The Morgan fingerprint density at radius 1 is 0.892 bits per heavy atom. The van der Waals surface area contributed by atoms with E-state index in [1.807, 2.05) is 31.2 Å². The van der Waals surface area contributed by atoms with Crippen molar-refractivity contribution in [2.45, 2.75) is 13.3 Å². The van der Waals surface area contributed by atoms with Gasteiger partial charge in [-0.25, -0.2) is 14.8 Å². The maximum atomic E-state index is 12.9. The smallest absolute Gasteiger partial charge is 0.338 e. The Bertz CT molecular complexity index is 1440. The van der Waals surface area contributed by atoms with Gasteiger partial charge in [-0.2, -0.15) is 0 Å². The number of nitrogens with zero attached hydrogens (tertiary/aromatic N) is 2. The topological polar surface area (TPSA) is 112 Å². The Balaban J connectivity index is 1.63. The van der Waals surface area contributed by atoms with E-state index in [2.05, 4.69) is 20.6 Å². The average molecular weight is 501 g/mol. The molecule has 1 heterocycles. The summed E-state index contributed by atoms with van der Waals surface area (Å²) >= 11 is 0. The van der Waals surface area contributed by atoms with Crippen LogP contribution >= 0.6 is 0 Å². The lowest BCUT2D eigenvalue weighted by Crippen LogP contribution is -2.12. The van der Waals surface area contributed by atoms with Crippen LogP contribution in [-0.2, 0) is 4.74 Å². The lowest BCUT2D eigenvalue weighted by Gasteiger charge is -2.13. The maximum absolute atomic E-state index is 12.9. The standard InChI is InChI=1S/C28H28N4O5/c1-5-13-37-27(34)18-11-9-17(10-12-18)26(33)30-20-8-6-7-19(14-20)25-21-15-23(35-3)24(36-4)16-22(21)31-28(29-2)32-25/h6-12,14-16H,5,13H2,1-4H3,(H,30,33)(H,29,31,32). The fourth-order valence-corrected chi connectivity index (χ4v) is 3.77. The zero-order valence-electron chi connectivity index (χ0n) is 21.1. The number of nitrogens with one attached hydrogen (secondary N) is 2. The molecule has 0 unspecified atom stereocenters. The van der Waals surface area contributed by atoms with E-state index < -0.39 is 5.97 Å². The molecule has 190 valence electrons. The molecule has 9 nitrogen and oxygen atoms in total. The summed E-state index contributed by atoms with van der Waals surface area (Å²) in [5.41, 5.74) is 3.53. The molecule has 4 rings (SSSR count). The second-order valence-corrected chi connectivity index (χ2v) is 8.12. The molecule has 0 saturated carbocycles. The molecule has 0 aliphatic heterocycles. The van der Waals surface area contributed by atoms with Gasteiger partial charge in [0.15, 0.2) is 11.5 Å². The minimum absolute atomic E-state index is 0.305. The van der Waals surface area contributed by atoms with E-state index in [0.717, 1.165) is 17.4 Å². The third-order valence-corrected chi connectivity index (χ3v) is 5.64. The van der Waals surface area contributed by atoms with E-state index in [1.54, 1.807) is 57.7 Å². The summed E-state index contributed by atoms with van der Waals surface area (Å²) in [6.07, 6.45) is 0.744. The molecule has 3 aromatic carbocycles. The second-order valence-electron chi connectivity index (χ2n) is 8.12. The first-order valence-electron chi connectivity index (χ1n) is 11.8. The molecular formula is C28H28N4O5. The van der Waals surface area contributed by atoms with Crippen LogP contribution in [0.1, 0.15) is 34.1 Å². The number of hydrogen-bond donors (Lipinski definition) is 2. The van der Waals surface area contributed by atoms with Gasteiger partial charge < -0.3 is 24.8 Å². The van der Waals surface area contributed by atoms with Gasteiger partial charge in [-0.3, -0.25) is 4.79 Å². The van der Waals surface area contributed by atoms with Gasteiger partial charge in [-0.15, -0.1) is 0 Å². The summed E-state index contributed by atoms with van der Waals surface area (Å²) in [6.45, 7) is 2.28. The molecule has 2 N–H and O–H groups in total. The molecule has 1 aromatic heterocycles. The monoisotopic (exact) mass is 500 g/mol. The normalized spacial score (nSPS) is 10.6. The SMILES string of the molecule is CCCOC(=O)c1ccc(C(=O)Nc2cccc(-c3nc(NC)nc4cc(OC)c(OC)cc34)c2)cc1. The third kappa shape index (κ3) is 5.61. The van der Waals surface area contributed by atoms with Crippen LogP contribution in [0.25, 0.3) is 22.2 Å². The van der Waals surface area contributed by atoms with Crippen LogP contribution in [0.3, 0.4) is 0 Å². The summed E-state index contributed by atoms with van der Waals surface area (Å²) in [7, 11) is 4.89. The van der Waals surface area contributed by atoms with Gasteiger partial charge in [0, 0.05) is 35.3 Å². The zero-order chi connectivity index (χ0) is 26.4. The Kier molecular flexibility index (Phi) is 7.83. The van der Waals surface area contributed by atoms with Crippen molar-refractivity contribution in [3.05, 3.63) is 71.8 Å². The molecule has 0 radical (unpaired) electrons. The highest BCUT2D eigenvalue weighted by Gasteiger charge is 2.16. The minimum atomic E-state index is -0.409. The first-order valence-corrected chi connectivity index (χ1v) is 11.8. The van der Waals surface area contributed by atoms with Crippen LogP contribution < -0.4 is 20.1 Å². The fraction of sp³-hybridized carbons (Fsp3) is 0.214. The fourth-order valence-electron chi connectivity index (χ4n) is 3.77. The van der Waals surface area contributed by atoms with Crippen molar-refractivity contribution in [2.75, 3.05) is 38.5 Å². The van der Waals surface area contributed by atoms with Crippen LogP contribution in [0.4, 0.5) is 11.6 Å². The van der Waals surface area contributed by atoms with Gasteiger partial charge in [-0.05, 0) is 48.9 Å². The minimum Gasteiger partial charge on any atom is -0.493 e. The van der Waals surface area contributed by atoms with Crippen LogP contribution in [0.5, 0.6) is 11.5 Å². The van der Waals surface area contributed by atoms with Crippen molar-refractivity contribution < 1.29 is 23.8 Å². The van der Waals surface area contributed by atoms with E-state index in [4.69, 9.17) is 14.2 Å². The Morgan fingerprint density at radius 2 is 1.59 bits per heavy atom. The van der Waals surface area contributed by atoms with Crippen LogP contribution in [0.2, 0.25) is 0 Å². The number of rotatable bonds is 9. The van der Waals surface area contributed by atoms with Gasteiger partial charge in [0.05, 0.1) is 37.6 Å². The Hall–Kier alpha value is -4.66. The first kappa shape index (κ1) is 25.4. The van der Waals surface area contributed by atoms with E-state index in [0.29, 0.717) is 52.1 Å². The molecule has 0 atom stereocenters. The number of methoxy groups -OCH3 is 2. The number of amides is 1. The number of carbonyl (C=O) groups excluding carboxylic acids is 2. The number of anilines is 2. The average Bonchev–Trinajstić information content (AvgIpc) is 2.94. The molecule has 0 saturated heterocycles. The number of fused-ring (bicyclic) bond motifs is 1. The van der Waals surface area contributed by atoms with Crippen molar-refractivity contribution in [1.29, 1.82) is 0 Å². The van der Waals surface area contributed by atoms with Crippen LogP contribution in [-0.4, -0.2) is 49.7 Å². The lowest BCUT2D eigenvalue weighted by molar-refractivity contribution is 0.0505. The van der Waals surface area contributed by atoms with Gasteiger partial charge in [-0.1, -0.05) is 19.1 Å². The Morgan fingerprint density at radius 3 is 2.27 bits per heavy atom. The molecule has 4 aromatic rings. The van der Waals surface area contributed by atoms with E-state index in [1.165, 1.54) is 0 Å². The molecule has 0 fully saturated rings. The van der Waals surface area contributed by atoms with Crippen LogP contribution in [0, 0.1) is 0 Å². The maximum Gasteiger partial charge on any atom is 0.338 e. The number of esters is 1. The zero-order valence-corrected chi connectivity index (χ0v) is 21.1. The van der Waals surface area contributed by atoms with Crippen LogP contribution in [0.15, 0.2) is 60.7 Å². The van der Waals surface area contributed by atoms with Crippen molar-refractivity contribution in [3.8, 4) is 22.8 Å². The number of aromatic nitrogens is 2. The van der Waals surface area contributed by atoms with Crippen molar-refractivity contribution in [3.63, 3.8) is 0 Å². The third-order valence-electron chi connectivity index (χ3n) is 5.64. The summed E-state index contributed by atoms with van der Waals surface area (Å²) in [4.78, 5) is 34.1. The molecule has 0 aliphatic rings. The van der Waals surface area contributed by atoms with Crippen molar-refractivity contribution >= 4 is 34.4 Å². The molecule has 0 aliphatic carbocycles.